The van der Waals surface area contributed by atoms with Crippen LogP contribution < -0.4 is 5.32 Å². The summed E-state index contributed by atoms with van der Waals surface area (Å²) < 4.78 is 1.89. The van der Waals surface area contributed by atoms with Gasteiger partial charge in [0.2, 0.25) is 0 Å². The Morgan fingerprint density at radius 1 is 1.53 bits per heavy atom. The van der Waals surface area contributed by atoms with E-state index in [1.807, 2.05) is 18.5 Å². The van der Waals surface area contributed by atoms with Crippen LogP contribution in [0, 0.1) is 18.8 Å². The Bertz CT molecular complexity index is 366. The summed E-state index contributed by atoms with van der Waals surface area (Å²) in [7, 11) is 0. The van der Waals surface area contributed by atoms with Gasteiger partial charge in [-0.2, -0.15) is 5.10 Å². The molecule has 0 bridgehead atoms. The molecule has 0 aliphatic heterocycles. The summed E-state index contributed by atoms with van der Waals surface area (Å²) in [4.78, 5) is 0. The SMILES string of the molecule is CC#CCn1cc(CNC(C)C)c(C)n1. The number of aromatic nitrogens is 2. The highest BCUT2D eigenvalue weighted by Crippen LogP contribution is 2.05. The second-order valence-electron chi connectivity index (χ2n) is 3.90. The Morgan fingerprint density at radius 3 is 2.87 bits per heavy atom. The Hall–Kier alpha value is -1.27. The lowest BCUT2D eigenvalue weighted by Gasteiger charge is -2.05. The van der Waals surface area contributed by atoms with Crippen molar-refractivity contribution in [3.63, 3.8) is 0 Å². The minimum absolute atomic E-state index is 0.503. The zero-order chi connectivity index (χ0) is 11.3. The van der Waals surface area contributed by atoms with Gasteiger partial charge in [0.05, 0.1) is 5.69 Å². The van der Waals surface area contributed by atoms with Crippen LogP contribution in [0.3, 0.4) is 0 Å². The first-order valence-electron chi connectivity index (χ1n) is 5.29. The summed E-state index contributed by atoms with van der Waals surface area (Å²) in [5.41, 5.74) is 2.34. The number of rotatable bonds is 4. The van der Waals surface area contributed by atoms with E-state index in [9.17, 15) is 0 Å². The van der Waals surface area contributed by atoms with E-state index < -0.39 is 0 Å². The van der Waals surface area contributed by atoms with Crippen LogP contribution in [0.5, 0.6) is 0 Å². The monoisotopic (exact) mass is 205 g/mol. The molecular weight excluding hydrogens is 186 g/mol. The first-order valence-corrected chi connectivity index (χ1v) is 5.29. The average Bonchev–Trinajstić information content (AvgIpc) is 2.53. The average molecular weight is 205 g/mol. The van der Waals surface area contributed by atoms with Crippen LogP contribution in [-0.2, 0) is 13.1 Å². The summed E-state index contributed by atoms with van der Waals surface area (Å²) >= 11 is 0. The number of nitrogens with one attached hydrogen (secondary N) is 1. The maximum absolute atomic E-state index is 4.40. The summed E-state index contributed by atoms with van der Waals surface area (Å²) in [5.74, 6) is 5.87. The second-order valence-corrected chi connectivity index (χ2v) is 3.90. The van der Waals surface area contributed by atoms with E-state index >= 15 is 0 Å². The zero-order valence-electron chi connectivity index (χ0n) is 9.96. The molecule has 0 aliphatic rings. The van der Waals surface area contributed by atoms with Gasteiger partial charge in [0.15, 0.2) is 0 Å². The first-order chi connectivity index (χ1) is 7.13. The van der Waals surface area contributed by atoms with Gasteiger partial charge in [0.25, 0.3) is 0 Å². The molecule has 3 heteroatoms. The molecule has 0 fully saturated rings. The molecule has 1 rings (SSSR count). The Balaban J connectivity index is 2.63. The third-order valence-corrected chi connectivity index (χ3v) is 2.17. The maximum Gasteiger partial charge on any atom is 0.102 e. The standard InChI is InChI=1S/C12H19N3/c1-5-6-7-15-9-12(11(4)14-15)8-13-10(2)3/h9-10,13H,7-8H2,1-4H3. The molecule has 0 amide bonds. The lowest BCUT2D eigenvalue weighted by Crippen LogP contribution is -2.21. The summed E-state index contributed by atoms with van der Waals surface area (Å²) in [6.45, 7) is 9.72. The highest BCUT2D eigenvalue weighted by Gasteiger charge is 2.04. The quantitative estimate of drug-likeness (QED) is 0.758. The molecule has 0 saturated carbocycles. The van der Waals surface area contributed by atoms with Crippen molar-refractivity contribution in [2.75, 3.05) is 0 Å². The van der Waals surface area contributed by atoms with Crippen molar-refractivity contribution in [3.05, 3.63) is 17.5 Å². The molecule has 0 aromatic carbocycles. The maximum atomic E-state index is 4.40. The molecule has 3 nitrogen and oxygen atoms in total. The van der Waals surface area contributed by atoms with Gasteiger partial charge in [-0.25, -0.2) is 0 Å². The Morgan fingerprint density at radius 2 is 2.27 bits per heavy atom. The van der Waals surface area contributed by atoms with Crippen molar-refractivity contribution in [3.8, 4) is 11.8 Å². The summed E-state index contributed by atoms with van der Waals surface area (Å²) in [6.07, 6.45) is 2.06. The Kier molecular flexibility index (Phi) is 4.38. The van der Waals surface area contributed by atoms with E-state index in [1.54, 1.807) is 0 Å². The first kappa shape index (κ1) is 11.8. The van der Waals surface area contributed by atoms with Gasteiger partial charge in [-0.1, -0.05) is 19.8 Å². The van der Waals surface area contributed by atoms with Gasteiger partial charge < -0.3 is 5.32 Å². The van der Waals surface area contributed by atoms with Crippen molar-refractivity contribution in [1.29, 1.82) is 0 Å². The van der Waals surface area contributed by atoms with E-state index in [0.717, 1.165) is 12.2 Å². The van der Waals surface area contributed by atoms with Gasteiger partial charge in [0, 0.05) is 24.3 Å². The van der Waals surface area contributed by atoms with Crippen LogP contribution >= 0.6 is 0 Å². The van der Waals surface area contributed by atoms with Crippen molar-refractivity contribution >= 4 is 0 Å². The molecule has 1 heterocycles. The van der Waals surface area contributed by atoms with Crippen molar-refractivity contribution in [2.24, 2.45) is 0 Å². The van der Waals surface area contributed by atoms with Crippen LogP contribution in [-0.4, -0.2) is 15.8 Å². The third kappa shape index (κ3) is 3.77. The number of hydrogen-bond donors (Lipinski definition) is 1. The van der Waals surface area contributed by atoms with Crippen LogP contribution in [0.2, 0.25) is 0 Å². The predicted molar refractivity (Wildman–Crippen MR) is 62.4 cm³/mol. The highest BCUT2D eigenvalue weighted by atomic mass is 15.3. The van der Waals surface area contributed by atoms with Gasteiger partial charge in [-0.05, 0) is 13.8 Å². The molecule has 1 N–H and O–H groups in total. The molecule has 0 unspecified atom stereocenters. The topological polar surface area (TPSA) is 29.9 Å². The number of aryl methyl sites for hydroxylation is 1. The fourth-order valence-electron chi connectivity index (χ4n) is 1.29. The lowest BCUT2D eigenvalue weighted by atomic mass is 10.2. The van der Waals surface area contributed by atoms with Crippen LogP contribution in [0.1, 0.15) is 32.0 Å². The van der Waals surface area contributed by atoms with Crippen molar-refractivity contribution in [2.45, 2.75) is 46.8 Å². The minimum atomic E-state index is 0.503. The van der Waals surface area contributed by atoms with Gasteiger partial charge in [-0.15, -0.1) is 5.92 Å². The lowest BCUT2D eigenvalue weighted by molar-refractivity contribution is 0.587. The molecule has 0 radical (unpaired) electrons. The van der Waals surface area contributed by atoms with Crippen LogP contribution in [0.4, 0.5) is 0 Å². The molecule has 82 valence electrons. The number of nitrogens with zero attached hydrogens (tertiary/aromatic N) is 2. The molecule has 0 atom stereocenters. The summed E-state index contributed by atoms with van der Waals surface area (Å²) in [5, 5.41) is 7.78. The molecule has 0 aliphatic carbocycles. The van der Waals surface area contributed by atoms with E-state index in [0.29, 0.717) is 12.6 Å². The molecule has 1 aromatic rings. The van der Waals surface area contributed by atoms with Crippen molar-refractivity contribution in [1.82, 2.24) is 15.1 Å². The van der Waals surface area contributed by atoms with E-state index in [1.165, 1.54) is 5.56 Å². The fourth-order valence-corrected chi connectivity index (χ4v) is 1.29. The van der Waals surface area contributed by atoms with Gasteiger partial charge >= 0.3 is 0 Å². The summed E-state index contributed by atoms with van der Waals surface area (Å²) in [6, 6.07) is 0.503. The largest absolute Gasteiger partial charge is 0.310 e. The highest BCUT2D eigenvalue weighted by molar-refractivity contribution is 5.15. The molecule has 0 spiro atoms. The van der Waals surface area contributed by atoms with Crippen LogP contribution in [0.15, 0.2) is 6.20 Å². The van der Waals surface area contributed by atoms with E-state index in [4.69, 9.17) is 0 Å². The smallest absolute Gasteiger partial charge is 0.102 e. The Labute approximate surface area is 91.9 Å². The third-order valence-electron chi connectivity index (χ3n) is 2.17. The molecule has 0 saturated heterocycles. The van der Waals surface area contributed by atoms with Gasteiger partial charge in [0.1, 0.15) is 6.54 Å². The predicted octanol–water partition coefficient (Wildman–Crippen LogP) is 1.71. The van der Waals surface area contributed by atoms with E-state index in [-0.39, 0.29) is 0 Å². The molecule has 1 aromatic heterocycles. The van der Waals surface area contributed by atoms with Gasteiger partial charge in [-0.3, -0.25) is 4.68 Å². The molecular formula is C12H19N3. The number of hydrogen-bond acceptors (Lipinski definition) is 2. The molecule has 15 heavy (non-hydrogen) atoms. The fraction of sp³-hybridized carbons (Fsp3) is 0.583. The van der Waals surface area contributed by atoms with Crippen LogP contribution in [0.25, 0.3) is 0 Å². The minimum Gasteiger partial charge on any atom is -0.310 e. The normalized spacial score (nSPS) is 10.2. The van der Waals surface area contributed by atoms with Crippen molar-refractivity contribution < 1.29 is 0 Å². The second kappa shape index (κ2) is 5.57. The van der Waals surface area contributed by atoms with E-state index in [2.05, 4.69) is 42.3 Å². The zero-order valence-corrected chi connectivity index (χ0v) is 9.96.